The number of amides is 1. The minimum atomic E-state index is -3.98. The van der Waals surface area contributed by atoms with Gasteiger partial charge < -0.3 is 4.74 Å². The molecule has 39 heavy (non-hydrogen) atoms. The predicted molar refractivity (Wildman–Crippen MR) is 155 cm³/mol. The highest BCUT2D eigenvalue weighted by Crippen LogP contribution is 2.25. The van der Waals surface area contributed by atoms with Gasteiger partial charge in [0.15, 0.2) is 0 Å². The molecule has 0 aliphatic heterocycles. The third-order valence-electron chi connectivity index (χ3n) is 6.21. The Kier molecular flexibility index (Phi) is 8.78. The standard InChI is InChI=1S/C31H31N3O4S/c1-23-9-12-27(13-10-23)22-38-29-17-14-26(15-18-29)20-32-33-31(35)21-34(28-16-11-24(2)25(3)19-28)39(36,37)30-7-5-4-6-8-30/h4-20H,21-22H2,1-3H3,(H,33,35). The van der Waals surface area contributed by atoms with Gasteiger partial charge in [0, 0.05) is 0 Å². The second-order valence-electron chi connectivity index (χ2n) is 9.23. The van der Waals surface area contributed by atoms with E-state index < -0.39 is 22.5 Å². The molecule has 0 heterocycles. The first-order valence-electron chi connectivity index (χ1n) is 12.5. The largest absolute Gasteiger partial charge is 0.489 e. The van der Waals surface area contributed by atoms with Crippen LogP contribution in [-0.2, 0) is 21.4 Å². The number of nitrogens with one attached hydrogen (secondary N) is 1. The van der Waals surface area contributed by atoms with E-state index in [1.54, 1.807) is 30.3 Å². The van der Waals surface area contributed by atoms with Crippen LogP contribution in [0.4, 0.5) is 5.69 Å². The zero-order valence-electron chi connectivity index (χ0n) is 22.2. The van der Waals surface area contributed by atoms with Crippen LogP contribution in [0.1, 0.15) is 27.8 Å². The summed E-state index contributed by atoms with van der Waals surface area (Å²) < 4.78 is 33.8. The molecule has 4 aromatic carbocycles. The molecule has 8 heteroatoms. The molecule has 1 amide bonds. The minimum Gasteiger partial charge on any atom is -0.489 e. The molecule has 0 unspecified atom stereocenters. The van der Waals surface area contributed by atoms with Crippen molar-refractivity contribution in [3.8, 4) is 5.75 Å². The Morgan fingerprint density at radius 1 is 0.872 bits per heavy atom. The summed E-state index contributed by atoms with van der Waals surface area (Å²) in [5, 5.41) is 4.02. The Balaban J connectivity index is 1.41. The number of rotatable bonds is 10. The lowest BCUT2D eigenvalue weighted by Crippen LogP contribution is -2.39. The molecule has 200 valence electrons. The molecule has 0 spiro atoms. The lowest BCUT2D eigenvalue weighted by molar-refractivity contribution is -0.119. The number of hydrogen-bond donors (Lipinski definition) is 1. The Hall–Kier alpha value is -4.43. The number of carbonyl (C=O) groups is 1. The molecule has 0 fully saturated rings. The summed E-state index contributed by atoms with van der Waals surface area (Å²) in [5.74, 6) is 0.147. The maximum absolute atomic E-state index is 13.4. The van der Waals surface area contributed by atoms with Crippen LogP contribution in [0.5, 0.6) is 5.75 Å². The molecule has 0 aromatic heterocycles. The molecule has 1 N–H and O–H groups in total. The number of hydrazone groups is 1. The third-order valence-corrected chi connectivity index (χ3v) is 7.99. The average Bonchev–Trinajstić information content (AvgIpc) is 2.94. The highest BCUT2D eigenvalue weighted by molar-refractivity contribution is 7.92. The number of ether oxygens (including phenoxy) is 1. The molecule has 0 saturated heterocycles. The van der Waals surface area contributed by atoms with Gasteiger partial charge in [-0.05, 0) is 91.6 Å². The van der Waals surface area contributed by atoms with Crippen molar-refractivity contribution in [1.29, 1.82) is 0 Å². The van der Waals surface area contributed by atoms with E-state index in [1.165, 1.54) is 23.9 Å². The monoisotopic (exact) mass is 541 g/mol. The first-order chi connectivity index (χ1) is 18.7. The SMILES string of the molecule is Cc1ccc(COc2ccc(C=NNC(=O)CN(c3ccc(C)c(C)c3)S(=O)(=O)c3ccccc3)cc2)cc1. The van der Waals surface area contributed by atoms with Crippen LogP contribution in [0, 0.1) is 20.8 Å². The van der Waals surface area contributed by atoms with E-state index in [9.17, 15) is 13.2 Å². The van der Waals surface area contributed by atoms with Gasteiger partial charge in [-0.15, -0.1) is 0 Å². The number of benzene rings is 4. The first-order valence-corrected chi connectivity index (χ1v) is 13.9. The Morgan fingerprint density at radius 3 is 2.23 bits per heavy atom. The van der Waals surface area contributed by atoms with Crippen molar-refractivity contribution in [2.75, 3.05) is 10.8 Å². The second-order valence-corrected chi connectivity index (χ2v) is 11.1. The van der Waals surface area contributed by atoms with Crippen molar-refractivity contribution in [3.63, 3.8) is 0 Å². The molecule has 4 rings (SSSR count). The van der Waals surface area contributed by atoms with Crippen molar-refractivity contribution in [1.82, 2.24) is 5.43 Å². The number of anilines is 1. The van der Waals surface area contributed by atoms with Gasteiger partial charge in [-0.25, -0.2) is 13.8 Å². The predicted octanol–water partition coefficient (Wildman–Crippen LogP) is 5.54. The number of hydrogen-bond acceptors (Lipinski definition) is 5. The van der Waals surface area contributed by atoms with Crippen molar-refractivity contribution in [3.05, 3.63) is 125 Å². The average molecular weight is 542 g/mol. The molecule has 0 saturated carbocycles. The van der Waals surface area contributed by atoms with Gasteiger partial charge >= 0.3 is 0 Å². The Labute approximate surface area is 229 Å². The second kappa shape index (κ2) is 12.4. The normalized spacial score (nSPS) is 11.4. The van der Waals surface area contributed by atoms with E-state index in [2.05, 4.69) is 10.5 Å². The van der Waals surface area contributed by atoms with Crippen LogP contribution in [0.15, 0.2) is 107 Å². The molecule has 0 radical (unpaired) electrons. The van der Waals surface area contributed by atoms with Crippen molar-refractivity contribution in [2.24, 2.45) is 5.10 Å². The van der Waals surface area contributed by atoms with Crippen LogP contribution >= 0.6 is 0 Å². The van der Waals surface area contributed by atoms with Gasteiger partial charge in [-0.3, -0.25) is 9.10 Å². The van der Waals surface area contributed by atoms with E-state index in [1.807, 2.05) is 75.4 Å². The van der Waals surface area contributed by atoms with E-state index in [4.69, 9.17) is 4.74 Å². The summed E-state index contributed by atoms with van der Waals surface area (Å²) in [7, 11) is -3.98. The van der Waals surface area contributed by atoms with Crippen LogP contribution in [-0.4, -0.2) is 27.1 Å². The highest BCUT2D eigenvalue weighted by Gasteiger charge is 2.27. The number of carbonyl (C=O) groups excluding carboxylic acids is 1. The fourth-order valence-corrected chi connectivity index (χ4v) is 5.20. The zero-order chi connectivity index (χ0) is 27.8. The summed E-state index contributed by atoms with van der Waals surface area (Å²) in [4.78, 5) is 12.9. The molecule has 0 aliphatic rings. The molecule has 4 aromatic rings. The first kappa shape index (κ1) is 27.6. The molecule has 7 nitrogen and oxygen atoms in total. The maximum atomic E-state index is 13.4. The highest BCUT2D eigenvalue weighted by atomic mass is 32.2. The summed E-state index contributed by atoms with van der Waals surface area (Å²) in [6.07, 6.45) is 1.49. The van der Waals surface area contributed by atoms with Gasteiger partial charge in [-0.2, -0.15) is 5.10 Å². The van der Waals surface area contributed by atoms with Crippen LogP contribution in [0.2, 0.25) is 0 Å². The maximum Gasteiger partial charge on any atom is 0.264 e. The minimum absolute atomic E-state index is 0.101. The topological polar surface area (TPSA) is 88.1 Å². The summed E-state index contributed by atoms with van der Waals surface area (Å²) in [5.41, 5.74) is 7.82. The summed E-state index contributed by atoms with van der Waals surface area (Å²) in [6, 6.07) is 28.8. The van der Waals surface area contributed by atoms with E-state index >= 15 is 0 Å². The third kappa shape index (κ3) is 7.33. The molecule has 0 atom stereocenters. The smallest absolute Gasteiger partial charge is 0.264 e. The number of nitrogens with zero attached hydrogens (tertiary/aromatic N) is 2. The molecular weight excluding hydrogens is 510 g/mol. The van der Waals surface area contributed by atoms with Gasteiger partial charge in [0.1, 0.15) is 18.9 Å². The Morgan fingerprint density at radius 2 is 1.56 bits per heavy atom. The quantitative estimate of drug-likeness (QED) is 0.211. The fraction of sp³-hybridized carbons (Fsp3) is 0.161. The number of aryl methyl sites for hydroxylation is 3. The van der Waals surface area contributed by atoms with Crippen molar-refractivity contribution in [2.45, 2.75) is 32.3 Å². The van der Waals surface area contributed by atoms with E-state index in [0.717, 1.165) is 26.6 Å². The van der Waals surface area contributed by atoms with E-state index in [-0.39, 0.29) is 4.90 Å². The lowest BCUT2D eigenvalue weighted by atomic mass is 10.1. The van der Waals surface area contributed by atoms with Crippen LogP contribution in [0.3, 0.4) is 0 Å². The lowest BCUT2D eigenvalue weighted by Gasteiger charge is -2.24. The van der Waals surface area contributed by atoms with Gasteiger partial charge in [0.05, 0.1) is 16.8 Å². The van der Waals surface area contributed by atoms with Crippen LogP contribution < -0.4 is 14.5 Å². The molecule has 0 bridgehead atoms. The van der Waals surface area contributed by atoms with Gasteiger partial charge in [0.2, 0.25) is 0 Å². The van der Waals surface area contributed by atoms with Crippen molar-refractivity contribution < 1.29 is 17.9 Å². The van der Waals surface area contributed by atoms with E-state index in [0.29, 0.717) is 18.0 Å². The van der Waals surface area contributed by atoms with Gasteiger partial charge in [0.25, 0.3) is 15.9 Å². The van der Waals surface area contributed by atoms with Gasteiger partial charge in [-0.1, -0.05) is 54.1 Å². The fourth-order valence-electron chi connectivity index (χ4n) is 3.76. The molecule has 0 aliphatic carbocycles. The molecular formula is C31H31N3O4S. The summed E-state index contributed by atoms with van der Waals surface area (Å²) >= 11 is 0. The van der Waals surface area contributed by atoms with Crippen LogP contribution in [0.25, 0.3) is 0 Å². The van der Waals surface area contributed by atoms with Crippen molar-refractivity contribution >= 4 is 27.8 Å². The Bertz CT molecular complexity index is 1550. The summed E-state index contributed by atoms with van der Waals surface area (Å²) in [6.45, 7) is 5.92. The zero-order valence-corrected chi connectivity index (χ0v) is 23.0. The number of sulfonamides is 1.